The molecular formula is C37H33BrO4. The third kappa shape index (κ3) is 5.71. The van der Waals surface area contributed by atoms with E-state index in [1.54, 1.807) is 0 Å². The van der Waals surface area contributed by atoms with Gasteiger partial charge in [-0.25, -0.2) is 0 Å². The fraction of sp³-hybridized carbons (Fsp3) is 0.243. The molecule has 0 spiro atoms. The van der Waals surface area contributed by atoms with Crippen molar-refractivity contribution in [2.45, 2.75) is 56.8 Å². The first-order valence-corrected chi connectivity index (χ1v) is 15.3. The van der Waals surface area contributed by atoms with Crippen molar-refractivity contribution in [3.63, 3.8) is 0 Å². The van der Waals surface area contributed by atoms with Crippen LogP contribution in [0.4, 0.5) is 0 Å². The minimum Gasteiger partial charge on any atom is -0.303 e. The molecule has 5 rings (SSSR count). The summed E-state index contributed by atoms with van der Waals surface area (Å²) in [4.78, 5) is 47.0. The molecule has 5 heteroatoms. The lowest BCUT2D eigenvalue weighted by Gasteiger charge is -2.37. The Labute approximate surface area is 255 Å². The normalized spacial score (nSPS) is 12.8. The van der Waals surface area contributed by atoms with Crippen molar-refractivity contribution in [2.75, 3.05) is 0 Å². The van der Waals surface area contributed by atoms with Crippen LogP contribution in [0.25, 0.3) is 11.1 Å². The number of aldehydes is 2. The highest BCUT2D eigenvalue weighted by Gasteiger charge is 2.48. The Morgan fingerprint density at radius 1 is 0.571 bits per heavy atom. The number of fused-ring (bicyclic) bond motifs is 3. The van der Waals surface area contributed by atoms with Crippen LogP contribution >= 0.6 is 15.9 Å². The number of halogens is 1. The van der Waals surface area contributed by atoms with Crippen LogP contribution in [0.2, 0.25) is 0 Å². The molecule has 0 aliphatic heterocycles. The third-order valence-electron chi connectivity index (χ3n) is 8.28. The summed E-state index contributed by atoms with van der Waals surface area (Å²) in [5.41, 5.74) is 8.33. The third-order valence-corrected chi connectivity index (χ3v) is 8.77. The molecule has 0 radical (unpaired) electrons. The van der Waals surface area contributed by atoms with E-state index in [2.05, 4.69) is 94.8 Å². The fourth-order valence-corrected chi connectivity index (χ4v) is 6.78. The fourth-order valence-electron chi connectivity index (χ4n) is 6.42. The van der Waals surface area contributed by atoms with E-state index < -0.39 is 5.41 Å². The summed E-state index contributed by atoms with van der Waals surface area (Å²) in [6.07, 6.45) is 4.46. The molecule has 1 aliphatic carbocycles. The van der Waals surface area contributed by atoms with Crippen LogP contribution in [0.5, 0.6) is 0 Å². The molecule has 0 heterocycles. The number of Topliss-reactive ketones (excluding diaryl/α,β-unsaturated/α-hetero) is 2. The summed E-state index contributed by atoms with van der Waals surface area (Å²) in [5, 5.41) is 0. The lowest BCUT2D eigenvalue weighted by molar-refractivity contribution is -0.121. The minimum atomic E-state index is -0.680. The van der Waals surface area contributed by atoms with Gasteiger partial charge in [0.15, 0.2) is 0 Å². The van der Waals surface area contributed by atoms with Crippen LogP contribution in [-0.4, -0.2) is 24.1 Å². The van der Waals surface area contributed by atoms with Gasteiger partial charge >= 0.3 is 0 Å². The van der Waals surface area contributed by atoms with Gasteiger partial charge in [-0.1, -0.05) is 94.8 Å². The average molecular weight is 622 g/mol. The molecule has 0 amide bonds. The van der Waals surface area contributed by atoms with Gasteiger partial charge in [-0.2, -0.15) is 0 Å². The van der Waals surface area contributed by atoms with Crippen molar-refractivity contribution in [2.24, 2.45) is 0 Å². The summed E-state index contributed by atoms with van der Waals surface area (Å²) >= 11 is 3.74. The summed E-state index contributed by atoms with van der Waals surface area (Å²) in [6.45, 7) is 0. The Kier molecular flexibility index (Phi) is 9.38. The lowest BCUT2D eigenvalue weighted by atomic mass is 9.64. The molecule has 0 N–H and O–H groups in total. The number of carbonyl (C=O) groups is 4. The van der Waals surface area contributed by atoms with Crippen LogP contribution in [0, 0.1) is 0 Å². The Hall–Kier alpha value is -3.96. The molecule has 0 bridgehead atoms. The molecule has 0 atom stereocenters. The number of hydrogen-bond donors (Lipinski definition) is 0. The van der Waals surface area contributed by atoms with Gasteiger partial charge < -0.3 is 9.59 Å². The summed E-state index contributed by atoms with van der Waals surface area (Å²) in [6, 6.07) is 31.6. The van der Waals surface area contributed by atoms with Crippen molar-refractivity contribution < 1.29 is 19.2 Å². The molecule has 4 aromatic carbocycles. The van der Waals surface area contributed by atoms with Gasteiger partial charge in [0.25, 0.3) is 0 Å². The zero-order chi connectivity index (χ0) is 29.5. The van der Waals surface area contributed by atoms with E-state index in [1.165, 1.54) is 0 Å². The molecule has 212 valence electrons. The highest BCUT2D eigenvalue weighted by molar-refractivity contribution is 9.10. The molecule has 4 aromatic rings. The molecule has 0 aromatic heterocycles. The molecule has 0 saturated heterocycles. The molecule has 0 unspecified atom stereocenters. The van der Waals surface area contributed by atoms with E-state index in [9.17, 15) is 19.2 Å². The van der Waals surface area contributed by atoms with Gasteiger partial charge in [-0.3, -0.25) is 9.59 Å². The molecular weight excluding hydrogens is 588 g/mol. The largest absolute Gasteiger partial charge is 0.303 e. The van der Waals surface area contributed by atoms with Crippen molar-refractivity contribution in [3.05, 3.63) is 129 Å². The predicted molar refractivity (Wildman–Crippen MR) is 169 cm³/mol. The Morgan fingerprint density at radius 3 is 1.60 bits per heavy atom. The number of rotatable bonds is 14. The Bertz CT molecular complexity index is 1570. The second-order valence-electron chi connectivity index (χ2n) is 10.8. The Balaban J connectivity index is 1.73. The van der Waals surface area contributed by atoms with E-state index >= 15 is 0 Å². The van der Waals surface area contributed by atoms with Gasteiger partial charge in [-0.15, -0.1) is 0 Å². The number of hydrogen-bond acceptors (Lipinski definition) is 4. The monoisotopic (exact) mass is 620 g/mol. The van der Waals surface area contributed by atoms with Crippen LogP contribution in [0.1, 0.15) is 71.9 Å². The van der Waals surface area contributed by atoms with Crippen LogP contribution in [0.3, 0.4) is 0 Å². The first kappa shape index (κ1) is 29.5. The van der Waals surface area contributed by atoms with Crippen molar-refractivity contribution in [1.82, 2.24) is 0 Å². The smallest absolute Gasteiger partial charge is 0.133 e. The molecule has 42 heavy (non-hydrogen) atoms. The molecule has 0 saturated carbocycles. The topological polar surface area (TPSA) is 68.3 Å². The summed E-state index contributed by atoms with van der Waals surface area (Å²) in [7, 11) is 0. The molecule has 1 aliphatic rings. The summed E-state index contributed by atoms with van der Waals surface area (Å²) < 4.78 is 0.974. The molecule has 0 fully saturated rings. The SMILES string of the molecule is O=CCCC(=O)CCc1ccccc1C1(c2ccccc2CCC(=O)CCC=O)c2ccccc2-c2ccc(Br)cc21. The van der Waals surface area contributed by atoms with E-state index in [4.69, 9.17) is 0 Å². The first-order chi connectivity index (χ1) is 20.5. The number of benzene rings is 4. The number of aryl methyl sites for hydroxylation is 2. The van der Waals surface area contributed by atoms with E-state index in [1.807, 2.05) is 12.1 Å². The maximum absolute atomic E-state index is 12.7. The minimum absolute atomic E-state index is 0.0788. The van der Waals surface area contributed by atoms with Crippen LogP contribution < -0.4 is 0 Å². The maximum Gasteiger partial charge on any atom is 0.133 e. The Morgan fingerprint density at radius 2 is 1.05 bits per heavy atom. The zero-order valence-electron chi connectivity index (χ0n) is 23.5. The number of ketones is 2. The number of carbonyl (C=O) groups excluding carboxylic acids is 4. The van der Waals surface area contributed by atoms with E-state index in [0.717, 1.165) is 61.6 Å². The zero-order valence-corrected chi connectivity index (χ0v) is 25.1. The van der Waals surface area contributed by atoms with Gasteiger partial charge in [0.1, 0.15) is 24.1 Å². The van der Waals surface area contributed by atoms with Gasteiger partial charge in [0.2, 0.25) is 0 Å². The van der Waals surface area contributed by atoms with Gasteiger partial charge in [0, 0.05) is 43.0 Å². The molecule has 4 nitrogen and oxygen atoms in total. The summed E-state index contributed by atoms with van der Waals surface area (Å²) in [5.74, 6) is 0.158. The van der Waals surface area contributed by atoms with Crippen molar-refractivity contribution >= 4 is 40.1 Å². The lowest BCUT2D eigenvalue weighted by Crippen LogP contribution is -2.31. The average Bonchev–Trinajstić information content (AvgIpc) is 3.31. The van der Waals surface area contributed by atoms with Crippen LogP contribution in [-0.2, 0) is 37.4 Å². The first-order valence-electron chi connectivity index (χ1n) is 14.5. The second kappa shape index (κ2) is 13.3. The van der Waals surface area contributed by atoms with Crippen molar-refractivity contribution in [1.29, 1.82) is 0 Å². The quantitative estimate of drug-likeness (QED) is 0.119. The van der Waals surface area contributed by atoms with Crippen LogP contribution in [0.15, 0.2) is 95.5 Å². The highest BCUT2D eigenvalue weighted by Crippen LogP contribution is 2.58. The standard InChI is InChI=1S/C37H33BrO4/c38-28-19-22-32-31-13-3-6-16-35(31)37(36(32)25-28,33-14-4-1-9-26(33)17-20-29(41)11-7-23-39)34-15-5-2-10-27(34)18-21-30(42)12-8-24-40/h1-6,9-10,13-16,19,22-25H,7-8,11-12,17-18,20-21H2. The van der Waals surface area contributed by atoms with E-state index in [0.29, 0.717) is 25.7 Å². The van der Waals surface area contributed by atoms with Gasteiger partial charge in [0.05, 0.1) is 5.41 Å². The van der Waals surface area contributed by atoms with Gasteiger partial charge in [-0.05, 0) is 69.5 Å². The highest BCUT2D eigenvalue weighted by atomic mass is 79.9. The second-order valence-corrected chi connectivity index (χ2v) is 11.7. The van der Waals surface area contributed by atoms with Crippen molar-refractivity contribution in [3.8, 4) is 11.1 Å². The predicted octanol–water partition coefficient (Wildman–Crippen LogP) is 7.77. The van der Waals surface area contributed by atoms with E-state index in [-0.39, 0.29) is 37.2 Å². The maximum atomic E-state index is 12.7.